The van der Waals surface area contributed by atoms with Crippen molar-refractivity contribution in [2.24, 2.45) is 0 Å². The van der Waals surface area contributed by atoms with Crippen molar-refractivity contribution >= 4 is 23.3 Å². The first-order valence-corrected chi connectivity index (χ1v) is 3.01. The van der Waals surface area contributed by atoms with Gasteiger partial charge >= 0.3 is 5.97 Å². The van der Waals surface area contributed by atoms with Crippen molar-refractivity contribution in [3.05, 3.63) is 16.9 Å². The van der Waals surface area contributed by atoms with Crippen LogP contribution in [0.15, 0.2) is 6.07 Å². The Morgan fingerprint density at radius 1 is 1.64 bits per heavy atom. The second kappa shape index (κ2) is 2.71. The molecule has 0 aliphatic rings. The highest BCUT2D eigenvalue weighted by atomic mass is 35.5. The van der Waals surface area contributed by atoms with Crippen molar-refractivity contribution in [3.63, 3.8) is 0 Å². The van der Waals surface area contributed by atoms with Crippen molar-refractivity contribution in [3.8, 4) is 0 Å². The average molecular weight is 174 g/mol. The Kier molecular flexibility index (Phi) is 1.91. The van der Waals surface area contributed by atoms with Gasteiger partial charge in [-0.15, -0.1) is 10.2 Å². The SMILES string of the molecule is Nc1cc(Cl)nnc1C(=O)O. The van der Waals surface area contributed by atoms with Crippen molar-refractivity contribution in [1.82, 2.24) is 10.2 Å². The molecule has 58 valence electrons. The lowest BCUT2D eigenvalue weighted by molar-refractivity contribution is 0.0690. The van der Waals surface area contributed by atoms with E-state index in [4.69, 9.17) is 22.4 Å². The van der Waals surface area contributed by atoms with Gasteiger partial charge in [0.1, 0.15) is 0 Å². The van der Waals surface area contributed by atoms with Gasteiger partial charge in [0, 0.05) is 6.07 Å². The molecule has 0 atom stereocenters. The van der Waals surface area contributed by atoms with Crippen molar-refractivity contribution in [2.75, 3.05) is 5.73 Å². The number of halogens is 1. The summed E-state index contributed by atoms with van der Waals surface area (Å²) in [5.74, 6) is -1.22. The van der Waals surface area contributed by atoms with Crippen LogP contribution in [0.5, 0.6) is 0 Å². The molecule has 0 aliphatic carbocycles. The molecule has 0 amide bonds. The molecular weight excluding hydrogens is 170 g/mol. The maximum atomic E-state index is 10.3. The highest BCUT2D eigenvalue weighted by molar-refractivity contribution is 6.29. The molecule has 0 fully saturated rings. The molecular formula is C5H4ClN3O2. The van der Waals surface area contributed by atoms with Crippen molar-refractivity contribution < 1.29 is 9.90 Å². The molecule has 0 aliphatic heterocycles. The molecule has 5 nitrogen and oxygen atoms in total. The number of nitrogens with zero attached hydrogens (tertiary/aromatic N) is 2. The Morgan fingerprint density at radius 3 is 2.73 bits per heavy atom. The third-order valence-corrected chi connectivity index (χ3v) is 1.18. The lowest BCUT2D eigenvalue weighted by atomic mass is 10.3. The quantitative estimate of drug-likeness (QED) is 0.642. The predicted octanol–water partition coefficient (Wildman–Crippen LogP) is 0.410. The Morgan fingerprint density at radius 2 is 2.27 bits per heavy atom. The van der Waals surface area contributed by atoms with E-state index in [0.717, 1.165) is 0 Å². The number of carbonyl (C=O) groups is 1. The highest BCUT2D eigenvalue weighted by Gasteiger charge is 2.09. The standard InChI is InChI=1S/C5H4ClN3O2/c6-3-1-2(7)4(5(10)11)9-8-3/h1H,(H2,7,8)(H,10,11). The topological polar surface area (TPSA) is 89.1 Å². The first-order valence-electron chi connectivity index (χ1n) is 2.63. The highest BCUT2D eigenvalue weighted by Crippen LogP contribution is 2.11. The summed E-state index contributed by atoms with van der Waals surface area (Å²) in [6, 6.07) is 1.23. The summed E-state index contributed by atoms with van der Waals surface area (Å²) in [6.45, 7) is 0. The van der Waals surface area contributed by atoms with Gasteiger partial charge in [0.05, 0.1) is 5.69 Å². The summed E-state index contributed by atoms with van der Waals surface area (Å²) in [7, 11) is 0. The lowest BCUT2D eigenvalue weighted by Crippen LogP contribution is -2.06. The third-order valence-electron chi connectivity index (χ3n) is 0.996. The van der Waals surface area contributed by atoms with E-state index in [1.54, 1.807) is 0 Å². The third kappa shape index (κ3) is 1.56. The maximum Gasteiger partial charge on any atom is 0.358 e. The number of rotatable bonds is 1. The fraction of sp³-hybridized carbons (Fsp3) is 0. The maximum absolute atomic E-state index is 10.3. The molecule has 0 aromatic carbocycles. The van der Waals surface area contributed by atoms with E-state index in [2.05, 4.69) is 10.2 Å². The second-order valence-electron chi connectivity index (χ2n) is 1.78. The van der Waals surface area contributed by atoms with Crippen LogP contribution in [-0.2, 0) is 0 Å². The molecule has 0 unspecified atom stereocenters. The van der Waals surface area contributed by atoms with Gasteiger partial charge in [-0.25, -0.2) is 4.79 Å². The normalized spacial score (nSPS) is 9.55. The summed E-state index contributed by atoms with van der Waals surface area (Å²) in [5, 5.41) is 15.1. The number of hydrogen-bond donors (Lipinski definition) is 2. The van der Waals surface area contributed by atoms with Gasteiger partial charge < -0.3 is 10.8 Å². The first kappa shape index (κ1) is 7.74. The zero-order chi connectivity index (χ0) is 8.43. The molecule has 0 spiro atoms. The summed E-state index contributed by atoms with van der Waals surface area (Å²) in [5.41, 5.74) is 4.98. The minimum atomic E-state index is -1.22. The molecule has 11 heavy (non-hydrogen) atoms. The predicted molar refractivity (Wildman–Crippen MR) is 38.4 cm³/mol. The van der Waals surface area contributed by atoms with Crippen LogP contribution in [0.1, 0.15) is 10.5 Å². The van der Waals surface area contributed by atoms with Gasteiger partial charge in [0.15, 0.2) is 10.8 Å². The van der Waals surface area contributed by atoms with E-state index in [1.165, 1.54) is 6.07 Å². The number of aromatic nitrogens is 2. The Bertz CT molecular complexity index is 302. The smallest absolute Gasteiger partial charge is 0.358 e. The molecule has 0 saturated heterocycles. The summed E-state index contributed by atoms with van der Waals surface area (Å²) in [6.07, 6.45) is 0. The van der Waals surface area contributed by atoms with Crippen LogP contribution in [0, 0.1) is 0 Å². The fourth-order valence-corrected chi connectivity index (χ4v) is 0.703. The minimum absolute atomic E-state index is 0.0116. The van der Waals surface area contributed by atoms with Crippen LogP contribution in [0.3, 0.4) is 0 Å². The van der Waals surface area contributed by atoms with Gasteiger partial charge in [0.2, 0.25) is 0 Å². The number of anilines is 1. The van der Waals surface area contributed by atoms with Gasteiger partial charge in [-0.1, -0.05) is 11.6 Å². The minimum Gasteiger partial charge on any atom is -0.476 e. The van der Waals surface area contributed by atoms with Gasteiger partial charge in [-0.2, -0.15) is 0 Å². The van der Waals surface area contributed by atoms with Gasteiger partial charge in [-0.05, 0) is 0 Å². The van der Waals surface area contributed by atoms with Crippen LogP contribution in [0.25, 0.3) is 0 Å². The summed E-state index contributed by atoms with van der Waals surface area (Å²) >= 11 is 5.38. The van der Waals surface area contributed by atoms with E-state index in [1.807, 2.05) is 0 Å². The van der Waals surface area contributed by atoms with E-state index in [-0.39, 0.29) is 16.5 Å². The molecule has 1 aromatic heterocycles. The van der Waals surface area contributed by atoms with Crippen molar-refractivity contribution in [1.29, 1.82) is 0 Å². The number of carboxylic acid groups (broad SMARTS) is 1. The number of nitrogens with two attached hydrogens (primary N) is 1. The molecule has 1 heterocycles. The molecule has 6 heteroatoms. The van der Waals surface area contributed by atoms with Crippen molar-refractivity contribution in [2.45, 2.75) is 0 Å². The number of nitrogen functional groups attached to an aromatic ring is 1. The zero-order valence-electron chi connectivity index (χ0n) is 5.28. The van der Waals surface area contributed by atoms with E-state index in [9.17, 15) is 4.79 Å². The number of carboxylic acids is 1. The van der Waals surface area contributed by atoms with E-state index >= 15 is 0 Å². The largest absolute Gasteiger partial charge is 0.476 e. The summed E-state index contributed by atoms with van der Waals surface area (Å²) in [4.78, 5) is 10.3. The number of hydrogen-bond acceptors (Lipinski definition) is 4. The van der Waals surface area contributed by atoms with E-state index in [0.29, 0.717) is 0 Å². The van der Waals surface area contributed by atoms with Gasteiger partial charge in [0.25, 0.3) is 0 Å². The first-order chi connectivity index (χ1) is 5.11. The van der Waals surface area contributed by atoms with Crippen LogP contribution in [0.4, 0.5) is 5.69 Å². The lowest BCUT2D eigenvalue weighted by Gasteiger charge is -1.96. The summed E-state index contributed by atoms with van der Waals surface area (Å²) < 4.78 is 0. The van der Waals surface area contributed by atoms with Crippen LogP contribution in [-0.4, -0.2) is 21.3 Å². The molecule has 1 aromatic rings. The molecule has 0 radical (unpaired) electrons. The zero-order valence-corrected chi connectivity index (χ0v) is 6.04. The Balaban J connectivity index is 3.20. The monoisotopic (exact) mass is 173 g/mol. The van der Waals surface area contributed by atoms with Crippen LogP contribution < -0.4 is 5.73 Å². The molecule has 3 N–H and O–H groups in total. The fourth-order valence-electron chi connectivity index (χ4n) is 0.547. The second-order valence-corrected chi connectivity index (χ2v) is 2.16. The van der Waals surface area contributed by atoms with Gasteiger partial charge in [-0.3, -0.25) is 0 Å². The Hall–Kier alpha value is -1.36. The molecule has 0 bridgehead atoms. The molecule has 1 rings (SSSR count). The number of aromatic carboxylic acids is 1. The van der Waals surface area contributed by atoms with E-state index < -0.39 is 5.97 Å². The Labute approximate surface area is 66.8 Å². The average Bonchev–Trinajstić information content (AvgIpc) is 1.85. The van der Waals surface area contributed by atoms with Crippen LogP contribution in [0.2, 0.25) is 5.15 Å². The van der Waals surface area contributed by atoms with Crippen LogP contribution >= 0.6 is 11.6 Å². The molecule has 0 saturated carbocycles.